The van der Waals surface area contributed by atoms with Crippen LogP contribution in [-0.2, 0) is 11.3 Å². The molecule has 3 aromatic carbocycles. The number of rotatable bonds is 10. The lowest BCUT2D eigenvalue weighted by molar-refractivity contribution is 0.0909. The van der Waals surface area contributed by atoms with Gasteiger partial charge in [-0.25, -0.2) is 14.5 Å². The summed E-state index contributed by atoms with van der Waals surface area (Å²) in [4.78, 5) is 24.9. The van der Waals surface area contributed by atoms with Crippen molar-refractivity contribution in [2.45, 2.75) is 26.3 Å². The lowest BCUT2D eigenvalue weighted by atomic mass is 9.98. The molecule has 2 heterocycles. The van der Waals surface area contributed by atoms with Crippen molar-refractivity contribution in [3.63, 3.8) is 0 Å². The number of hydrogen-bond donors (Lipinski definition) is 4. The number of aromatic nitrogens is 4. The summed E-state index contributed by atoms with van der Waals surface area (Å²) in [6.07, 6.45) is 1.95. The van der Waals surface area contributed by atoms with E-state index < -0.39 is 5.69 Å². The second-order valence-electron chi connectivity index (χ2n) is 9.76. The number of phenolic OH excluding ortho intramolecular Hbond substituents is 2. The smallest absolute Gasteiger partial charge is 0.348 e. The molecule has 0 saturated heterocycles. The first-order valence-corrected chi connectivity index (χ1v) is 13.1. The zero-order valence-corrected chi connectivity index (χ0v) is 22.3. The molecule has 4 N–H and O–H groups in total. The van der Waals surface area contributed by atoms with Crippen LogP contribution in [0.5, 0.6) is 11.5 Å². The number of aromatic amines is 1. The Morgan fingerprint density at radius 2 is 1.82 bits per heavy atom. The van der Waals surface area contributed by atoms with Gasteiger partial charge in [-0.05, 0) is 53.9 Å². The Labute approximate surface area is 230 Å². The first kappa shape index (κ1) is 26.8. The van der Waals surface area contributed by atoms with E-state index in [4.69, 9.17) is 4.74 Å². The number of amides is 1. The molecule has 0 aliphatic heterocycles. The largest absolute Gasteiger partial charge is 0.508 e. The third kappa shape index (κ3) is 5.48. The molecule has 0 saturated carbocycles. The summed E-state index contributed by atoms with van der Waals surface area (Å²) in [7, 11) is 0. The number of H-pyrrole nitrogens is 1. The number of carbonyl (C=O) groups excluding carboxylic acids is 1. The molecular formula is C30H31N5O5. The summed E-state index contributed by atoms with van der Waals surface area (Å²) < 4.78 is 9.18. The zero-order valence-electron chi connectivity index (χ0n) is 22.3. The van der Waals surface area contributed by atoms with Gasteiger partial charge in [0, 0.05) is 41.8 Å². The van der Waals surface area contributed by atoms with Gasteiger partial charge >= 0.3 is 5.69 Å². The van der Waals surface area contributed by atoms with Crippen molar-refractivity contribution >= 4 is 16.8 Å². The van der Waals surface area contributed by atoms with Crippen molar-refractivity contribution in [1.29, 1.82) is 0 Å². The summed E-state index contributed by atoms with van der Waals surface area (Å²) in [5.74, 6) is -0.0572. The van der Waals surface area contributed by atoms with E-state index in [0.717, 1.165) is 10.9 Å². The Morgan fingerprint density at radius 1 is 1.02 bits per heavy atom. The minimum Gasteiger partial charge on any atom is -0.508 e. The number of fused-ring (bicyclic) bond motifs is 1. The average molecular weight is 542 g/mol. The van der Waals surface area contributed by atoms with Crippen LogP contribution in [0.3, 0.4) is 0 Å². The standard InChI is InChI=1S/C30H31N5O5/c1-19(2)23-17-24(27(37)18-26(23)36)28-32-33-30(39)35(28)22-8-9-25-21(16-22)10-12-34(25)13-15-40-14-11-31-29(38)20-6-4-3-5-7-20/h3-10,12,16-19,36-37H,11,13-15H2,1-2H3,(H,31,38)(H,33,39). The van der Waals surface area contributed by atoms with Gasteiger partial charge in [0.2, 0.25) is 0 Å². The molecule has 0 spiro atoms. The molecule has 5 rings (SSSR count). The summed E-state index contributed by atoms with van der Waals surface area (Å²) in [5, 5.41) is 31.2. The summed E-state index contributed by atoms with van der Waals surface area (Å²) in [6.45, 7) is 5.77. The van der Waals surface area contributed by atoms with Gasteiger partial charge in [0.1, 0.15) is 11.5 Å². The van der Waals surface area contributed by atoms with E-state index in [-0.39, 0.29) is 29.1 Å². The van der Waals surface area contributed by atoms with E-state index in [1.807, 2.05) is 62.5 Å². The molecule has 10 nitrogen and oxygen atoms in total. The Morgan fingerprint density at radius 3 is 2.60 bits per heavy atom. The molecule has 0 aliphatic rings. The number of aromatic hydroxyl groups is 2. The number of hydrogen-bond acceptors (Lipinski definition) is 6. The second-order valence-corrected chi connectivity index (χ2v) is 9.76. The van der Waals surface area contributed by atoms with E-state index in [0.29, 0.717) is 48.7 Å². The third-order valence-corrected chi connectivity index (χ3v) is 6.74. The third-order valence-electron chi connectivity index (χ3n) is 6.74. The molecule has 0 bridgehead atoms. The van der Waals surface area contributed by atoms with E-state index in [1.54, 1.807) is 18.2 Å². The minimum atomic E-state index is -0.444. The highest BCUT2D eigenvalue weighted by atomic mass is 16.5. The minimum absolute atomic E-state index is 0.00611. The molecule has 5 aromatic rings. The number of nitrogens with one attached hydrogen (secondary N) is 2. The van der Waals surface area contributed by atoms with E-state index >= 15 is 0 Å². The fourth-order valence-corrected chi connectivity index (χ4v) is 4.67. The predicted octanol–water partition coefficient (Wildman–Crippen LogP) is 4.16. The maximum Gasteiger partial charge on any atom is 0.348 e. The van der Waals surface area contributed by atoms with Crippen LogP contribution in [0.2, 0.25) is 0 Å². The van der Waals surface area contributed by atoms with Crippen LogP contribution in [0.15, 0.2) is 77.7 Å². The molecule has 10 heteroatoms. The highest BCUT2D eigenvalue weighted by Gasteiger charge is 2.20. The molecule has 0 fully saturated rings. The second kappa shape index (κ2) is 11.5. The van der Waals surface area contributed by atoms with Gasteiger partial charge in [0.25, 0.3) is 5.91 Å². The van der Waals surface area contributed by atoms with Crippen LogP contribution in [0, 0.1) is 0 Å². The highest BCUT2D eigenvalue weighted by molar-refractivity contribution is 5.94. The van der Waals surface area contributed by atoms with Crippen LogP contribution in [0.4, 0.5) is 0 Å². The highest BCUT2D eigenvalue weighted by Crippen LogP contribution is 2.37. The molecule has 206 valence electrons. The van der Waals surface area contributed by atoms with Gasteiger partial charge in [0.05, 0.1) is 24.5 Å². The summed E-state index contributed by atoms with van der Waals surface area (Å²) in [6, 6.07) is 19.6. The van der Waals surface area contributed by atoms with Crippen molar-refractivity contribution in [1.82, 2.24) is 24.6 Å². The van der Waals surface area contributed by atoms with Crippen molar-refractivity contribution in [2.24, 2.45) is 0 Å². The van der Waals surface area contributed by atoms with Crippen molar-refractivity contribution in [3.8, 4) is 28.6 Å². The number of benzene rings is 3. The monoisotopic (exact) mass is 541 g/mol. The molecule has 0 radical (unpaired) electrons. The predicted molar refractivity (Wildman–Crippen MR) is 152 cm³/mol. The van der Waals surface area contributed by atoms with Gasteiger partial charge in [0.15, 0.2) is 5.82 Å². The zero-order chi connectivity index (χ0) is 28.2. The Bertz CT molecular complexity index is 1700. The summed E-state index contributed by atoms with van der Waals surface area (Å²) in [5.41, 5.74) is 2.71. The number of ether oxygens (including phenoxy) is 1. The van der Waals surface area contributed by atoms with Crippen molar-refractivity contribution in [2.75, 3.05) is 19.8 Å². The Balaban J connectivity index is 1.27. The lowest BCUT2D eigenvalue weighted by Crippen LogP contribution is -2.27. The fourth-order valence-electron chi connectivity index (χ4n) is 4.67. The molecular weight excluding hydrogens is 510 g/mol. The number of phenols is 2. The van der Waals surface area contributed by atoms with Crippen LogP contribution in [0.1, 0.15) is 35.7 Å². The van der Waals surface area contributed by atoms with Crippen molar-refractivity contribution < 1.29 is 19.7 Å². The molecule has 0 unspecified atom stereocenters. The Kier molecular flexibility index (Phi) is 7.70. The molecule has 1 amide bonds. The van der Waals surface area contributed by atoms with E-state index in [2.05, 4.69) is 20.1 Å². The number of carbonyl (C=O) groups is 1. The van der Waals surface area contributed by atoms with E-state index in [1.165, 1.54) is 10.6 Å². The van der Waals surface area contributed by atoms with Crippen LogP contribution >= 0.6 is 0 Å². The van der Waals surface area contributed by atoms with Gasteiger partial charge in [-0.3, -0.25) is 4.79 Å². The first-order valence-electron chi connectivity index (χ1n) is 13.1. The molecule has 0 aliphatic carbocycles. The fraction of sp³-hybridized carbons (Fsp3) is 0.233. The van der Waals surface area contributed by atoms with Crippen LogP contribution in [0.25, 0.3) is 28.0 Å². The molecule has 2 aromatic heterocycles. The maximum absolute atomic E-state index is 12.8. The maximum atomic E-state index is 12.8. The lowest BCUT2D eigenvalue weighted by Gasteiger charge is -2.13. The first-order chi connectivity index (χ1) is 19.3. The topological polar surface area (TPSA) is 134 Å². The van der Waals surface area contributed by atoms with Gasteiger partial charge < -0.3 is 24.8 Å². The van der Waals surface area contributed by atoms with E-state index in [9.17, 15) is 19.8 Å². The van der Waals surface area contributed by atoms with Gasteiger partial charge in [-0.2, -0.15) is 5.10 Å². The average Bonchev–Trinajstić information content (AvgIpc) is 3.53. The summed E-state index contributed by atoms with van der Waals surface area (Å²) >= 11 is 0. The normalized spacial score (nSPS) is 11.4. The van der Waals surface area contributed by atoms with Gasteiger partial charge in [-0.15, -0.1) is 0 Å². The molecule has 0 atom stereocenters. The van der Waals surface area contributed by atoms with Crippen LogP contribution in [-0.4, -0.2) is 55.2 Å². The van der Waals surface area contributed by atoms with Crippen LogP contribution < -0.4 is 11.0 Å². The van der Waals surface area contributed by atoms with Crippen molar-refractivity contribution in [3.05, 3.63) is 94.5 Å². The SMILES string of the molecule is CC(C)c1cc(-c2n[nH]c(=O)n2-c2ccc3c(ccn3CCOCCNC(=O)c3ccccc3)c2)c(O)cc1O. The van der Waals surface area contributed by atoms with Gasteiger partial charge in [-0.1, -0.05) is 32.0 Å². The Hall–Kier alpha value is -4.83. The molecule has 40 heavy (non-hydrogen) atoms. The number of nitrogens with zero attached hydrogens (tertiary/aromatic N) is 3. The quantitative estimate of drug-likeness (QED) is 0.196.